The predicted molar refractivity (Wildman–Crippen MR) is 133 cm³/mol. The minimum atomic E-state index is 0. The molecule has 0 fully saturated rings. The fourth-order valence-corrected chi connectivity index (χ4v) is 2.71. The second-order valence-corrected chi connectivity index (χ2v) is 6.35. The summed E-state index contributed by atoms with van der Waals surface area (Å²) in [6.07, 6.45) is 0. The topological polar surface area (TPSA) is 76.1 Å². The van der Waals surface area contributed by atoms with Gasteiger partial charge in [0.2, 0.25) is 0 Å². The Hall–Kier alpha value is -2.20. The van der Waals surface area contributed by atoms with Crippen molar-refractivity contribution < 1.29 is 14.2 Å². The number of guanidine groups is 1. The molecule has 0 unspecified atom stereocenters. The van der Waals surface area contributed by atoms with Gasteiger partial charge in [0, 0.05) is 32.4 Å². The van der Waals surface area contributed by atoms with E-state index < -0.39 is 0 Å². The summed E-state index contributed by atoms with van der Waals surface area (Å²) in [5, 5.41) is 9.96. The molecule has 8 heteroatoms. The van der Waals surface area contributed by atoms with E-state index in [1.807, 2.05) is 25.1 Å². The van der Waals surface area contributed by atoms with E-state index in [-0.39, 0.29) is 24.0 Å². The highest BCUT2D eigenvalue weighted by atomic mass is 127. The molecule has 0 aliphatic carbocycles. The first-order chi connectivity index (χ1) is 14.2. The van der Waals surface area contributed by atoms with Gasteiger partial charge in [-0.3, -0.25) is 0 Å². The minimum Gasteiger partial charge on any atom is -0.493 e. The summed E-state index contributed by atoms with van der Waals surface area (Å²) in [5.41, 5.74) is 3.31. The van der Waals surface area contributed by atoms with Crippen LogP contribution in [0.15, 0.2) is 47.5 Å². The summed E-state index contributed by atoms with van der Waals surface area (Å²) in [6, 6.07) is 14.2. The standard InChI is InChI=1S/C22H32N4O3.HI/c1-5-23-22(26-16-18-8-11-20(28-3)21(14-18)29-4)25-15-17-6-9-19(10-7-17)24-12-13-27-2;/h6-11,14,24H,5,12-13,15-16H2,1-4H3,(H2,23,25,26);1H. The second-order valence-electron chi connectivity index (χ2n) is 6.35. The number of benzene rings is 2. The Balaban J connectivity index is 0.00000450. The van der Waals surface area contributed by atoms with Crippen molar-refractivity contribution in [3.8, 4) is 11.5 Å². The largest absolute Gasteiger partial charge is 0.493 e. The zero-order chi connectivity index (χ0) is 20.9. The third-order valence-electron chi connectivity index (χ3n) is 4.26. The smallest absolute Gasteiger partial charge is 0.191 e. The molecular formula is C22H33IN4O3. The monoisotopic (exact) mass is 528 g/mol. The van der Waals surface area contributed by atoms with Crippen LogP contribution in [0.4, 0.5) is 5.69 Å². The Morgan fingerprint density at radius 3 is 2.23 bits per heavy atom. The third kappa shape index (κ3) is 8.66. The van der Waals surface area contributed by atoms with Gasteiger partial charge >= 0.3 is 0 Å². The van der Waals surface area contributed by atoms with Gasteiger partial charge in [0.25, 0.3) is 0 Å². The summed E-state index contributed by atoms with van der Waals surface area (Å²) in [7, 11) is 4.96. The first kappa shape index (κ1) is 25.8. The van der Waals surface area contributed by atoms with Gasteiger partial charge < -0.3 is 30.2 Å². The van der Waals surface area contributed by atoms with Gasteiger partial charge in [0.15, 0.2) is 17.5 Å². The molecule has 2 aromatic rings. The third-order valence-corrected chi connectivity index (χ3v) is 4.26. The SMILES string of the molecule is CCNC(=NCc1ccc(OC)c(OC)c1)NCc1ccc(NCCOC)cc1.I. The Morgan fingerprint density at radius 2 is 1.60 bits per heavy atom. The summed E-state index contributed by atoms with van der Waals surface area (Å²) in [6.45, 7) is 5.55. The van der Waals surface area contributed by atoms with Crippen molar-refractivity contribution in [3.05, 3.63) is 53.6 Å². The highest BCUT2D eigenvalue weighted by Crippen LogP contribution is 2.27. The number of nitrogens with zero attached hydrogens (tertiary/aromatic N) is 1. The summed E-state index contributed by atoms with van der Waals surface area (Å²) in [5.74, 6) is 2.19. The van der Waals surface area contributed by atoms with Crippen molar-refractivity contribution in [2.45, 2.75) is 20.0 Å². The molecule has 2 rings (SSSR count). The number of hydrogen-bond acceptors (Lipinski definition) is 5. The zero-order valence-electron chi connectivity index (χ0n) is 18.2. The molecule has 0 bridgehead atoms. The van der Waals surface area contributed by atoms with Crippen LogP contribution in [0.5, 0.6) is 11.5 Å². The molecule has 166 valence electrons. The average molecular weight is 528 g/mol. The first-order valence-electron chi connectivity index (χ1n) is 9.75. The maximum atomic E-state index is 5.36. The van der Waals surface area contributed by atoms with E-state index in [1.165, 1.54) is 5.56 Å². The number of hydrogen-bond donors (Lipinski definition) is 3. The first-order valence-corrected chi connectivity index (χ1v) is 9.75. The van der Waals surface area contributed by atoms with Gasteiger partial charge in [0.1, 0.15) is 0 Å². The summed E-state index contributed by atoms with van der Waals surface area (Å²) < 4.78 is 15.7. The molecule has 2 aromatic carbocycles. The lowest BCUT2D eigenvalue weighted by atomic mass is 10.2. The summed E-state index contributed by atoms with van der Waals surface area (Å²) in [4.78, 5) is 4.67. The molecule has 30 heavy (non-hydrogen) atoms. The number of nitrogens with one attached hydrogen (secondary N) is 3. The van der Waals surface area contributed by atoms with Gasteiger partial charge in [-0.15, -0.1) is 24.0 Å². The fourth-order valence-electron chi connectivity index (χ4n) is 2.71. The van der Waals surface area contributed by atoms with E-state index in [4.69, 9.17) is 14.2 Å². The van der Waals surface area contributed by atoms with Crippen LogP contribution in [0, 0.1) is 0 Å². The molecule has 0 aromatic heterocycles. The Morgan fingerprint density at radius 1 is 0.900 bits per heavy atom. The Bertz CT molecular complexity index is 769. The van der Waals surface area contributed by atoms with Crippen LogP contribution >= 0.6 is 24.0 Å². The van der Waals surface area contributed by atoms with Crippen LogP contribution < -0.4 is 25.4 Å². The lowest BCUT2D eigenvalue weighted by Crippen LogP contribution is -2.36. The molecule has 0 saturated carbocycles. The van der Waals surface area contributed by atoms with Crippen LogP contribution in [-0.4, -0.2) is 47.0 Å². The molecule has 0 amide bonds. The lowest BCUT2D eigenvalue weighted by Gasteiger charge is -2.13. The molecule has 0 aliphatic heterocycles. The molecule has 0 aliphatic rings. The highest BCUT2D eigenvalue weighted by Gasteiger charge is 2.05. The fraction of sp³-hybridized carbons (Fsp3) is 0.409. The summed E-state index contributed by atoms with van der Waals surface area (Å²) >= 11 is 0. The van der Waals surface area contributed by atoms with E-state index in [0.717, 1.165) is 30.3 Å². The van der Waals surface area contributed by atoms with E-state index in [2.05, 4.69) is 45.2 Å². The van der Waals surface area contributed by atoms with Crippen LogP contribution in [0.1, 0.15) is 18.1 Å². The van der Waals surface area contributed by atoms with Crippen molar-refractivity contribution in [1.82, 2.24) is 10.6 Å². The number of aliphatic imine (C=N–C) groups is 1. The number of halogens is 1. The molecule has 0 radical (unpaired) electrons. The van der Waals surface area contributed by atoms with E-state index in [9.17, 15) is 0 Å². The van der Waals surface area contributed by atoms with Gasteiger partial charge in [-0.25, -0.2) is 4.99 Å². The predicted octanol–water partition coefficient (Wildman–Crippen LogP) is 3.64. The maximum Gasteiger partial charge on any atom is 0.191 e. The normalized spacial score (nSPS) is 10.7. The van der Waals surface area contributed by atoms with Crippen molar-refractivity contribution >= 4 is 35.6 Å². The molecule has 3 N–H and O–H groups in total. The zero-order valence-corrected chi connectivity index (χ0v) is 20.5. The number of rotatable bonds is 11. The maximum absolute atomic E-state index is 5.36. The lowest BCUT2D eigenvalue weighted by molar-refractivity contribution is 0.211. The van der Waals surface area contributed by atoms with Crippen LogP contribution in [0.2, 0.25) is 0 Å². The van der Waals surface area contributed by atoms with Crippen LogP contribution in [0.3, 0.4) is 0 Å². The highest BCUT2D eigenvalue weighted by molar-refractivity contribution is 14.0. The van der Waals surface area contributed by atoms with Gasteiger partial charge in [0.05, 0.1) is 27.4 Å². The van der Waals surface area contributed by atoms with E-state index in [1.54, 1.807) is 21.3 Å². The van der Waals surface area contributed by atoms with Crippen molar-refractivity contribution in [1.29, 1.82) is 0 Å². The number of ether oxygens (including phenoxy) is 3. The van der Waals surface area contributed by atoms with E-state index >= 15 is 0 Å². The molecule has 0 atom stereocenters. The van der Waals surface area contributed by atoms with Crippen molar-refractivity contribution in [2.24, 2.45) is 4.99 Å². The van der Waals surface area contributed by atoms with Crippen LogP contribution in [0.25, 0.3) is 0 Å². The molecule has 0 spiro atoms. The Labute approximate surface area is 196 Å². The van der Waals surface area contributed by atoms with E-state index in [0.29, 0.717) is 31.2 Å². The van der Waals surface area contributed by atoms with Gasteiger partial charge in [-0.1, -0.05) is 18.2 Å². The van der Waals surface area contributed by atoms with Crippen molar-refractivity contribution in [2.75, 3.05) is 46.3 Å². The number of methoxy groups -OCH3 is 3. The quantitative estimate of drug-likeness (QED) is 0.179. The second kappa shape index (κ2) is 14.7. The number of anilines is 1. The Kier molecular flexibility index (Phi) is 12.7. The molecular weight excluding hydrogens is 495 g/mol. The molecule has 7 nitrogen and oxygen atoms in total. The molecule has 0 heterocycles. The van der Waals surface area contributed by atoms with Crippen LogP contribution in [-0.2, 0) is 17.8 Å². The minimum absolute atomic E-state index is 0. The average Bonchev–Trinajstić information content (AvgIpc) is 2.76. The van der Waals surface area contributed by atoms with Gasteiger partial charge in [-0.05, 0) is 42.3 Å². The molecule has 0 saturated heterocycles. The van der Waals surface area contributed by atoms with Gasteiger partial charge in [-0.2, -0.15) is 0 Å². The van der Waals surface area contributed by atoms with Crippen molar-refractivity contribution in [3.63, 3.8) is 0 Å².